The number of hydrogen-bond acceptors (Lipinski definition) is 4. The maximum absolute atomic E-state index is 5.42. The van der Waals surface area contributed by atoms with Gasteiger partial charge in [0.1, 0.15) is 0 Å². The van der Waals surface area contributed by atoms with Crippen molar-refractivity contribution in [2.75, 3.05) is 46.4 Å². The first kappa shape index (κ1) is 15.2. The van der Waals surface area contributed by atoms with Crippen LogP contribution >= 0.6 is 0 Å². The van der Waals surface area contributed by atoms with Crippen molar-refractivity contribution in [2.24, 2.45) is 0 Å². The zero-order chi connectivity index (χ0) is 13.7. The average molecular weight is 269 g/mol. The monoisotopic (exact) mass is 269 g/mol. The van der Waals surface area contributed by atoms with Crippen LogP contribution in [0.4, 0.5) is 0 Å². The number of likely N-dealkylation sites (tertiary alicyclic amines) is 1. The lowest BCUT2D eigenvalue weighted by Gasteiger charge is -2.30. The maximum Gasteiger partial charge on any atom is 0.0630 e. The quantitative estimate of drug-likeness (QED) is 0.680. The van der Waals surface area contributed by atoms with Gasteiger partial charge in [0.2, 0.25) is 0 Å². The molecule has 4 nitrogen and oxygen atoms in total. The van der Waals surface area contributed by atoms with Gasteiger partial charge in [-0.25, -0.2) is 0 Å². The summed E-state index contributed by atoms with van der Waals surface area (Å²) in [4.78, 5) is 5.22. The van der Waals surface area contributed by atoms with Gasteiger partial charge in [-0.1, -0.05) is 13.8 Å². The molecule has 2 fully saturated rings. The minimum atomic E-state index is 0.547. The second-order valence-corrected chi connectivity index (χ2v) is 5.95. The molecule has 0 aromatic heterocycles. The fourth-order valence-electron chi connectivity index (χ4n) is 3.21. The van der Waals surface area contributed by atoms with E-state index in [1.165, 1.54) is 45.4 Å². The van der Waals surface area contributed by atoms with Gasteiger partial charge in [-0.2, -0.15) is 0 Å². The van der Waals surface area contributed by atoms with Crippen LogP contribution in [0.15, 0.2) is 0 Å². The van der Waals surface area contributed by atoms with E-state index < -0.39 is 0 Å². The SMILES string of the molecule is CCN(CC)C1CCN(C(CNC2CC2)COC)C1. The lowest BCUT2D eigenvalue weighted by atomic mass is 10.2. The number of hydrogen-bond donors (Lipinski definition) is 1. The fourth-order valence-corrected chi connectivity index (χ4v) is 3.21. The Morgan fingerprint density at radius 2 is 2.00 bits per heavy atom. The molecule has 1 aliphatic heterocycles. The summed E-state index contributed by atoms with van der Waals surface area (Å²) < 4.78 is 5.42. The summed E-state index contributed by atoms with van der Waals surface area (Å²) >= 11 is 0. The molecule has 1 N–H and O–H groups in total. The van der Waals surface area contributed by atoms with Crippen LogP contribution < -0.4 is 5.32 Å². The number of nitrogens with zero attached hydrogens (tertiary/aromatic N) is 2. The Bertz CT molecular complexity index is 254. The van der Waals surface area contributed by atoms with Crippen LogP contribution in [0.25, 0.3) is 0 Å². The van der Waals surface area contributed by atoms with Crippen molar-refractivity contribution in [3.63, 3.8) is 0 Å². The second-order valence-electron chi connectivity index (χ2n) is 5.95. The van der Waals surface area contributed by atoms with Crippen LogP contribution in [-0.4, -0.2) is 74.4 Å². The third-order valence-electron chi connectivity index (χ3n) is 4.62. The van der Waals surface area contributed by atoms with Crippen molar-refractivity contribution >= 4 is 0 Å². The third-order valence-corrected chi connectivity index (χ3v) is 4.62. The molecule has 0 bridgehead atoms. The van der Waals surface area contributed by atoms with Gasteiger partial charge in [-0.05, 0) is 32.4 Å². The van der Waals surface area contributed by atoms with E-state index in [0.29, 0.717) is 6.04 Å². The van der Waals surface area contributed by atoms with Crippen LogP contribution in [-0.2, 0) is 4.74 Å². The summed E-state index contributed by atoms with van der Waals surface area (Å²) in [5.74, 6) is 0. The van der Waals surface area contributed by atoms with E-state index in [0.717, 1.165) is 25.2 Å². The van der Waals surface area contributed by atoms with Crippen molar-refractivity contribution < 1.29 is 4.74 Å². The van der Waals surface area contributed by atoms with Gasteiger partial charge in [0, 0.05) is 44.9 Å². The molecular formula is C15H31N3O. The smallest absolute Gasteiger partial charge is 0.0630 e. The lowest BCUT2D eigenvalue weighted by Crippen LogP contribution is -2.46. The highest BCUT2D eigenvalue weighted by Gasteiger charge is 2.31. The Hall–Kier alpha value is -0.160. The summed E-state index contributed by atoms with van der Waals surface area (Å²) in [6.45, 7) is 11.3. The first-order chi connectivity index (χ1) is 9.28. The molecule has 1 saturated carbocycles. The van der Waals surface area contributed by atoms with Gasteiger partial charge in [-0.15, -0.1) is 0 Å². The number of likely N-dealkylation sites (N-methyl/N-ethyl adjacent to an activating group) is 1. The van der Waals surface area contributed by atoms with Crippen LogP contribution in [0, 0.1) is 0 Å². The number of ether oxygens (including phenoxy) is 1. The molecule has 19 heavy (non-hydrogen) atoms. The van der Waals surface area contributed by atoms with Crippen LogP contribution in [0.5, 0.6) is 0 Å². The van der Waals surface area contributed by atoms with Crippen LogP contribution in [0.2, 0.25) is 0 Å². The average Bonchev–Trinajstić information content (AvgIpc) is 3.13. The Morgan fingerprint density at radius 1 is 1.26 bits per heavy atom. The molecule has 0 amide bonds. The van der Waals surface area contributed by atoms with E-state index in [-0.39, 0.29) is 0 Å². The lowest BCUT2D eigenvalue weighted by molar-refractivity contribution is 0.0971. The first-order valence-corrected chi connectivity index (χ1v) is 7.98. The summed E-state index contributed by atoms with van der Waals surface area (Å²) in [7, 11) is 1.82. The topological polar surface area (TPSA) is 27.7 Å². The molecular weight excluding hydrogens is 238 g/mol. The Labute approximate surface area is 118 Å². The second kappa shape index (κ2) is 7.58. The van der Waals surface area contributed by atoms with Gasteiger partial charge in [0.15, 0.2) is 0 Å². The molecule has 4 heteroatoms. The summed E-state index contributed by atoms with van der Waals surface area (Å²) in [6.07, 6.45) is 4.04. The highest BCUT2D eigenvalue weighted by Crippen LogP contribution is 2.21. The van der Waals surface area contributed by atoms with Gasteiger partial charge >= 0.3 is 0 Å². The zero-order valence-corrected chi connectivity index (χ0v) is 12.9. The van der Waals surface area contributed by atoms with Gasteiger partial charge in [-0.3, -0.25) is 9.80 Å². The number of methoxy groups -OCH3 is 1. The zero-order valence-electron chi connectivity index (χ0n) is 12.9. The van der Waals surface area contributed by atoms with Gasteiger partial charge in [0.25, 0.3) is 0 Å². The predicted molar refractivity (Wildman–Crippen MR) is 79.6 cm³/mol. The standard InChI is InChI=1S/C15H31N3O/c1-4-17(5-2)14-8-9-18(11-14)15(12-19-3)10-16-13-6-7-13/h13-16H,4-12H2,1-3H3. The van der Waals surface area contributed by atoms with Crippen molar-refractivity contribution in [1.29, 1.82) is 0 Å². The van der Waals surface area contributed by atoms with E-state index in [2.05, 4.69) is 29.0 Å². The minimum absolute atomic E-state index is 0.547. The minimum Gasteiger partial charge on any atom is -0.383 e. The summed E-state index contributed by atoms with van der Waals surface area (Å²) in [5, 5.41) is 3.66. The summed E-state index contributed by atoms with van der Waals surface area (Å²) in [6, 6.07) is 2.09. The normalized spacial score (nSPS) is 26.2. The molecule has 2 unspecified atom stereocenters. The molecule has 2 atom stereocenters. The van der Waals surface area contributed by atoms with Gasteiger partial charge < -0.3 is 10.1 Å². The van der Waals surface area contributed by atoms with E-state index in [9.17, 15) is 0 Å². The molecule has 1 saturated heterocycles. The van der Waals surface area contributed by atoms with Crippen molar-refractivity contribution in [1.82, 2.24) is 15.1 Å². The van der Waals surface area contributed by atoms with E-state index in [1.54, 1.807) is 0 Å². The molecule has 2 aliphatic rings. The van der Waals surface area contributed by atoms with Gasteiger partial charge in [0.05, 0.1) is 6.61 Å². The highest BCUT2D eigenvalue weighted by atomic mass is 16.5. The number of nitrogens with one attached hydrogen (secondary N) is 1. The largest absolute Gasteiger partial charge is 0.383 e. The van der Waals surface area contributed by atoms with Crippen LogP contribution in [0.1, 0.15) is 33.1 Å². The Morgan fingerprint density at radius 3 is 2.58 bits per heavy atom. The Balaban J connectivity index is 1.80. The molecule has 0 aromatic rings. The van der Waals surface area contributed by atoms with Crippen molar-refractivity contribution in [3.8, 4) is 0 Å². The van der Waals surface area contributed by atoms with Crippen molar-refractivity contribution in [2.45, 2.75) is 51.2 Å². The molecule has 1 heterocycles. The number of rotatable bonds is 9. The van der Waals surface area contributed by atoms with Crippen LogP contribution in [0.3, 0.4) is 0 Å². The van der Waals surface area contributed by atoms with E-state index in [1.807, 2.05) is 7.11 Å². The molecule has 1 aliphatic carbocycles. The molecule has 112 valence electrons. The van der Waals surface area contributed by atoms with E-state index in [4.69, 9.17) is 4.74 Å². The third kappa shape index (κ3) is 4.42. The Kier molecular flexibility index (Phi) is 6.07. The molecule has 2 rings (SSSR count). The van der Waals surface area contributed by atoms with Crippen molar-refractivity contribution in [3.05, 3.63) is 0 Å². The maximum atomic E-state index is 5.42. The highest BCUT2D eigenvalue weighted by molar-refractivity contribution is 4.89. The molecule has 0 spiro atoms. The molecule has 0 radical (unpaired) electrons. The fraction of sp³-hybridized carbons (Fsp3) is 1.00. The summed E-state index contributed by atoms with van der Waals surface area (Å²) in [5.41, 5.74) is 0. The predicted octanol–water partition coefficient (Wildman–Crippen LogP) is 1.17. The molecule has 0 aromatic carbocycles. The first-order valence-electron chi connectivity index (χ1n) is 7.98. The van der Waals surface area contributed by atoms with E-state index >= 15 is 0 Å².